The first kappa shape index (κ1) is 18.3. The molecule has 150 valence electrons. The summed E-state index contributed by atoms with van der Waals surface area (Å²) in [5, 5.41) is 0. The molecule has 1 aromatic carbocycles. The predicted octanol–water partition coefficient (Wildman–Crippen LogP) is 3.21. The van der Waals surface area contributed by atoms with E-state index in [9.17, 15) is 4.79 Å². The number of amides is 1. The van der Waals surface area contributed by atoms with Crippen molar-refractivity contribution in [2.75, 3.05) is 13.1 Å². The highest BCUT2D eigenvalue weighted by Crippen LogP contribution is 2.45. The molecule has 3 aromatic rings. The number of carbonyl (C=O) groups is 1. The van der Waals surface area contributed by atoms with Gasteiger partial charge in [0.25, 0.3) is 5.91 Å². The standard InChI is InChI=1S/C23H27N5O/c24-20-7-4-8-23(20)9-11-27(12-10-23)22(29)18-13-19-21(25-14-18)28(16-26-19)15-17-5-2-1-3-6-17/h1-3,5-6,13-14,16,20H,4,7-12,15,24H2. The number of aromatic nitrogens is 3. The highest BCUT2D eigenvalue weighted by atomic mass is 16.2. The predicted molar refractivity (Wildman–Crippen MR) is 112 cm³/mol. The fourth-order valence-electron chi connectivity index (χ4n) is 5.09. The van der Waals surface area contributed by atoms with Crippen molar-refractivity contribution in [3.8, 4) is 0 Å². The molecule has 1 unspecified atom stereocenters. The Morgan fingerprint density at radius 2 is 1.93 bits per heavy atom. The number of nitrogens with zero attached hydrogens (tertiary/aromatic N) is 4. The van der Waals surface area contributed by atoms with Gasteiger partial charge in [0.1, 0.15) is 5.52 Å². The van der Waals surface area contributed by atoms with E-state index in [1.807, 2.05) is 33.7 Å². The minimum absolute atomic E-state index is 0.0541. The van der Waals surface area contributed by atoms with Gasteiger partial charge in [0.15, 0.2) is 5.65 Å². The summed E-state index contributed by atoms with van der Waals surface area (Å²) < 4.78 is 2.02. The quantitative estimate of drug-likeness (QED) is 0.746. The van der Waals surface area contributed by atoms with Gasteiger partial charge in [0, 0.05) is 25.3 Å². The number of fused-ring (bicyclic) bond motifs is 1. The number of imidazole rings is 1. The number of rotatable bonds is 3. The third-order valence-corrected chi connectivity index (χ3v) is 6.92. The highest BCUT2D eigenvalue weighted by Gasteiger charge is 2.43. The molecule has 1 aliphatic carbocycles. The van der Waals surface area contributed by atoms with Gasteiger partial charge < -0.3 is 15.2 Å². The lowest BCUT2D eigenvalue weighted by Gasteiger charge is -2.42. The summed E-state index contributed by atoms with van der Waals surface area (Å²) in [5.74, 6) is 0.0541. The zero-order valence-electron chi connectivity index (χ0n) is 16.6. The molecule has 2 aliphatic rings. The maximum atomic E-state index is 13.0. The second kappa shape index (κ2) is 7.26. The molecule has 2 N–H and O–H groups in total. The molecule has 1 amide bonds. The van der Waals surface area contributed by atoms with Crippen LogP contribution in [0.1, 0.15) is 48.0 Å². The lowest BCUT2D eigenvalue weighted by Crippen LogP contribution is -2.48. The van der Waals surface area contributed by atoms with Crippen molar-refractivity contribution in [1.82, 2.24) is 19.4 Å². The van der Waals surface area contributed by atoms with Crippen molar-refractivity contribution in [3.63, 3.8) is 0 Å². The summed E-state index contributed by atoms with van der Waals surface area (Å²) in [6.45, 7) is 2.28. The molecule has 6 nitrogen and oxygen atoms in total. The molecule has 1 atom stereocenters. The van der Waals surface area contributed by atoms with Gasteiger partial charge in [-0.05, 0) is 42.7 Å². The average molecular weight is 390 g/mol. The molecule has 6 heteroatoms. The van der Waals surface area contributed by atoms with Gasteiger partial charge in [0.05, 0.1) is 18.4 Å². The van der Waals surface area contributed by atoms with Crippen molar-refractivity contribution in [2.45, 2.75) is 44.7 Å². The molecule has 2 aromatic heterocycles. The SMILES string of the molecule is NC1CCCC12CCN(C(=O)c1cnc3c(c1)ncn3Cc1ccccc1)CC2. The molecule has 3 heterocycles. The summed E-state index contributed by atoms with van der Waals surface area (Å²) >= 11 is 0. The first-order valence-electron chi connectivity index (χ1n) is 10.5. The van der Waals surface area contributed by atoms with Gasteiger partial charge in [-0.2, -0.15) is 0 Å². The minimum Gasteiger partial charge on any atom is -0.339 e. The molecule has 2 fully saturated rings. The number of piperidine rings is 1. The molecule has 0 radical (unpaired) electrons. The average Bonchev–Trinajstić information content (AvgIpc) is 3.32. The van der Waals surface area contributed by atoms with E-state index in [0.717, 1.165) is 43.5 Å². The fraction of sp³-hybridized carbons (Fsp3) is 0.435. The summed E-state index contributed by atoms with van der Waals surface area (Å²) in [4.78, 5) is 24.1. The topological polar surface area (TPSA) is 77.0 Å². The molecule has 1 saturated heterocycles. The molecule has 5 rings (SSSR count). The Kier molecular flexibility index (Phi) is 4.59. The Hall–Kier alpha value is -2.73. The van der Waals surface area contributed by atoms with E-state index in [2.05, 4.69) is 22.1 Å². The molecular formula is C23H27N5O. The Labute approximate surface area is 170 Å². The van der Waals surface area contributed by atoms with Gasteiger partial charge in [-0.1, -0.05) is 36.8 Å². The number of benzene rings is 1. The van der Waals surface area contributed by atoms with Crippen molar-refractivity contribution in [2.24, 2.45) is 11.1 Å². The maximum Gasteiger partial charge on any atom is 0.255 e. The van der Waals surface area contributed by atoms with Crippen LogP contribution in [0.4, 0.5) is 0 Å². The first-order chi connectivity index (χ1) is 14.1. The molecule has 1 aliphatic heterocycles. The number of pyridine rings is 1. The van der Waals surface area contributed by atoms with Crippen LogP contribution in [0.25, 0.3) is 11.2 Å². The summed E-state index contributed by atoms with van der Waals surface area (Å²) in [6.07, 6.45) is 9.08. The third-order valence-electron chi connectivity index (χ3n) is 6.92. The Morgan fingerprint density at radius 1 is 1.14 bits per heavy atom. The van der Waals surface area contributed by atoms with E-state index in [0.29, 0.717) is 18.2 Å². The van der Waals surface area contributed by atoms with Crippen LogP contribution >= 0.6 is 0 Å². The lowest BCUT2D eigenvalue weighted by atomic mass is 9.74. The van der Waals surface area contributed by atoms with Crippen LogP contribution in [-0.2, 0) is 6.54 Å². The second-order valence-corrected chi connectivity index (χ2v) is 8.58. The van der Waals surface area contributed by atoms with Gasteiger partial charge in [-0.15, -0.1) is 0 Å². The van der Waals surface area contributed by atoms with Crippen LogP contribution in [0.5, 0.6) is 0 Å². The fourth-order valence-corrected chi connectivity index (χ4v) is 5.09. The van der Waals surface area contributed by atoms with E-state index in [-0.39, 0.29) is 11.3 Å². The zero-order chi connectivity index (χ0) is 19.8. The van der Waals surface area contributed by atoms with E-state index in [1.54, 1.807) is 12.5 Å². The zero-order valence-corrected chi connectivity index (χ0v) is 16.6. The van der Waals surface area contributed by atoms with Crippen LogP contribution in [0.3, 0.4) is 0 Å². The Balaban J connectivity index is 1.31. The minimum atomic E-state index is 0.0541. The number of hydrogen-bond donors (Lipinski definition) is 1. The van der Waals surface area contributed by atoms with E-state index >= 15 is 0 Å². The van der Waals surface area contributed by atoms with Gasteiger partial charge in [0.2, 0.25) is 0 Å². The van der Waals surface area contributed by atoms with Crippen molar-refractivity contribution >= 4 is 17.1 Å². The van der Waals surface area contributed by atoms with Crippen molar-refractivity contribution < 1.29 is 4.79 Å². The van der Waals surface area contributed by atoms with Gasteiger partial charge in [-0.25, -0.2) is 9.97 Å². The molecule has 29 heavy (non-hydrogen) atoms. The normalized spacial score (nSPS) is 21.1. The third kappa shape index (κ3) is 3.31. The largest absolute Gasteiger partial charge is 0.339 e. The van der Waals surface area contributed by atoms with Gasteiger partial charge >= 0.3 is 0 Å². The molecular weight excluding hydrogens is 362 g/mol. The Bertz CT molecular complexity index is 1020. The highest BCUT2D eigenvalue weighted by molar-refractivity contribution is 5.96. The summed E-state index contributed by atoms with van der Waals surface area (Å²) in [6, 6.07) is 12.4. The van der Waals surface area contributed by atoms with Crippen LogP contribution in [0.15, 0.2) is 48.9 Å². The van der Waals surface area contributed by atoms with Crippen molar-refractivity contribution in [3.05, 3.63) is 60.0 Å². The monoisotopic (exact) mass is 389 g/mol. The second-order valence-electron chi connectivity index (χ2n) is 8.58. The molecule has 1 saturated carbocycles. The number of hydrogen-bond acceptors (Lipinski definition) is 4. The Morgan fingerprint density at radius 3 is 2.66 bits per heavy atom. The molecule has 0 bridgehead atoms. The number of carbonyl (C=O) groups excluding carboxylic acids is 1. The smallest absolute Gasteiger partial charge is 0.255 e. The number of likely N-dealkylation sites (tertiary alicyclic amines) is 1. The summed E-state index contributed by atoms with van der Waals surface area (Å²) in [7, 11) is 0. The summed E-state index contributed by atoms with van der Waals surface area (Å²) in [5.41, 5.74) is 10.0. The van der Waals surface area contributed by atoms with Crippen molar-refractivity contribution in [1.29, 1.82) is 0 Å². The molecule has 1 spiro atoms. The van der Waals surface area contributed by atoms with Crippen LogP contribution < -0.4 is 5.73 Å². The van der Waals surface area contributed by atoms with Gasteiger partial charge in [-0.3, -0.25) is 4.79 Å². The first-order valence-corrected chi connectivity index (χ1v) is 10.5. The maximum absolute atomic E-state index is 13.0. The van der Waals surface area contributed by atoms with Crippen LogP contribution in [-0.4, -0.2) is 44.5 Å². The van der Waals surface area contributed by atoms with Crippen LogP contribution in [0.2, 0.25) is 0 Å². The lowest BCUT2D eigenvalue weighted by molar-refractivity contribution is 0.0556. The van der Waals surface area contributed by atoms with Crippen LogP contribution in [0, 0.1) is 5.41 Å². The van der Waals surface area contributed by atoms with E-state index in [4.69, 9.17) is 5.73 Å². The van der Waals surface area contributed by atoms with E-state index < -0.39 is 0 Å². The number of nitrogens with two attached hydrogens (primary N) is 1. The van der Waals surface area contributed by atoms with E-state index in [1.165, 1.54) is 18.4 Å².